The molecular weight excluding hydrogens is 703 g/mol. The van der Waals surface area contributed by atoms with E-state index in [0.717, 1.165) is 44.9 Å². The van der Waals surface area contributed by atoms with Gasteiger partial charge >= 0.3 is 13.8 Å². The van der Waals surface area contributed by atoms with Gasteiger partial charge in [-0.15, -0.1) is 0 Å². The summed E-state index contributed by atoms with van der Waals surface area (Å²) < 4.78 is 33.3. The minimum Gasteiger partial charge on any atom is -0.457 e. The zero-order valence-corrected chi connectivity index (χ0v) is 35.3. The van der Waals surface area contributed by atoms with Gasteiger partial charge in [-0.1, -0.05) is 172 Å². The van der Waals surface area contributed by atoms with Crippen molar-refractivity contribution in [2.75, 3.05) is 33.0 Å². The Bertz CT molecular complexity index is 981. The molecule has 0 aromatic rings. The van der Waals surface area contributed by atoms with E-state index < -0.39 is 45.8 Å². The number of ether oxygens (including phenoxy) is 2. The number of esters is 1. The van der Waals surface area contributed by atoms with Crippen molar-refractivity contribution in [3.05, 3.63) is 48.6 Å². The maximum absolute atomic E-state index is 12.6. The minimum absolute atomic E-state index is 0.0287. The predicted molar refractivity (Wildman–Crippen MR) is 223 cm³/mol. The Labute approximate surface area is 330 Å². The van der Waals surface area contributed by atoms with Crippen LogP contribution in [0.1, 0.15) is 181 Å². The summed E-state index contributed by atoms with van der Waals surface area (Å²) in [5, 5.41) is 18.3. The van der Waals surface area contributed by atoms with E-state index >= 15 is 0 Å². The van der Waals surface area contributed by atoms with Gasteiger partial charge in [0.1, 0.15) is 12.2 Å². The average molecular weight is 785 g/mol. The van der Waals surface area contributed by atoms with Gasteiger partial charge in [-0.05, 0) is 51.4 Å². The SMILES string of the molecule is CCCCC/C=C\C/C=C\C/C=C\C/C=C\CCCC(=O)O[C@H](COCCCCCCCCCCCCCCCCCC)COP(=O)(O)OC[C@@H](O)CO. The number of phosphoric ester groups is 1. The van der Waals surface area contributed by atoms with Crippen molar-refractivity contribution in [3.63, 3.8) is 0 Å². The minimum atomic E-state index is -4.53. The summed E-state index contributed by atoms with van der Waals surface area (Å²) in [6.07, 6.45) is 45.0. The maximum atomic E-state index is 12.6. The largest absolute Gasteiger partial charge is 0.472 e. The van der Waals surface area contributed by atoms with E-state index in [1.165, 1.54) is 109 Å². The molecule has 3 N–H and O–H groups in total. The molecule has 0 radical (unpaired) electrons. The highest BCUT2D eigenvalue weighted by Crippen LogP contribution is 2.43. The summed E-state index contributed by atoms with van der Waals surface area (Å²) in [5.41, 5.74) is 0. The molecule has 0 saturated carbocycles. The molecule has 0 saturated heterocycles. The van der Waals surface area contributed by atoms with Crippen molar-refractivity contribution in [1.29, 1.82) is 0 Å². The van der Waals surface area contributed by atoms with Crippen LogP contribution in [0.5, 0.6) is 0 Å². The van der Waals surface area contributed by atoms with E-state index in [0.29, 0.717) is 13.0 Å². The number of hydrogen-bond acceptors (Lipinski definition) is 8. The summed E-state index contributed by atoms with van der Waals surface area (Å²) >= 11 is 0. The molecule has 10 heteroatoms. The van der Waals surface area contributed by atoms with Gasteiger partial charge in [0, 0.05) is 13.0 Å². The Morgan fingerprint density at radius 2 is 1.00 bits per heavy atom. The van der Waals surface area contributed by atoms with Gasteiger partial charge < -0.3 is 24.6 Å². The topological polar surface area (TPSA) is 132 Å². The number of allylic oxidation sites excluding steroid dienone is 8. The predicted octanol–water partition coefficient (Wildman–Crippen LogP) is 11.8. The molecule has 9 nitrogen and oxygen atoms in total. The number of aliphatic hydroxyl groups is 2. The number of aliphatic hydroxyl groups excluding tert-OH is 2. The molecule has 3 atom stereocenters. The standard InChI is InChI=1S/C44H81O9P/c1-3-5-7-9-11-13-15-17-19-21-22-24-26-28-30-32-34-36-44(47)53-43(41-52-54(48,49)51-39-42(46)38-45)40-50-37-35-33-31-29-27-25-23-20-18-16-14-12-10-8-6-4-2/h11,13,17,19,22,24,28,30,42-43,45-46H,3-10,12,14-16,18,20-21,23,25-27,29,31-41H2,1-2H3,(H,48,49)/b13-11-,19-17-,24-22-,30-28-/t42-,43+/m0/s1. The van der Waals surface area contributed by atoms with E-state index in [1.807, 2.05) is 0 Å². The van der Waals surface area contributed by atoms with Crippen LogP contribution in [-0.2, 0) is 27.9 Å². The monoisotopic (exact) mass is 785 g/mol. The molecule has 0 fully saturated rings. The molecular formula is C44H81O9P. The fraction of sp³-hybridized carbons (Fsp3) is 0.795. The average Bonchev–Trinajstić information content (AvgIpc) is 3.16. The van der Waals surface area contributed by atoms with Crippen LogP contribution in [-0.4, -0.2) is 66.3 Å². The number of phosphoric acid groups is 1. The van der Waals surface area contributed by atoms with Crippen LogP contribution in [0.15, 0.2) is 48.6 Å². The molecule has 0 spiro atoms. The van der Waals surface area contributed by atoms with Gasteiger partial charge in [-0.25, -0.2) is 4.57 Å². The van der Waals surface area contributed by atoms with Crippen molar-refractivity contribution in [3.8, 4) is 0 Å². The molecule has 0 aromatic carbocycles. The Morgan fingerprint density at radius 3 is 1.50 bits per heavy atom. The van der Waals surface area contributed by atoms with Crippen molar-refractivity contribution in [2.45, 2.75) is 193 Å². The van der Waals surface area contributed by atoms with Crippen molar-refractivity contribution in [1.82, 2.24) is 0 Å². The lowest BCUT2D eigenvalue weighted by Crippen LogP contribution is -2.29. The molecule has 0 aliphatic heterocycles. The second kappa shape index (κ2) is 41.1. The van der Waals surface area contributed by atoms with E-state index in [2.05, 4.69) is 62.5 Å². The highest BCUT2D eigenvalue weighted by atomic mass is 31.2. The lowest BCUT2D eigenvalue weighted by Gasteiger charge is -2.20. The summed E-state index contributed by atoms with van der Waals surface area (Å²) in [5.74, 6) is -0.435. The second-order valence-electron chi connectivity index (χ2n) is 14.4. The van der Waals surface area contributed by atoms with Crippen molar-refractivity contribution in [2.24, 2.45) is 0 Å². The lowest BCUT2D eigenvalue weighted by atomic mass is 10.0. The Hall–Kier alpha value is -1.58. The summed E-state index contributed by atoms with van der Waals surface area (Å²) in [6, 6.07) is 0. The summed E-state index contributed by atoms with van der Waals surface area (Å²) in [6.45, 7) is 3.43. The van der Waals surface area contributed by atoms with Crippen LogP contribution < -0.4 is 0 Å². The van der Waals surface area contributed by atoms with Gasteiger partial charge in [-0.2, -0.15) is 0 Å². The molecule has 0 amide bonds. The van der Waals surface area contributed by atoms with Crippen LogP contribution in [0.4, 0.5) is 0 Å². The van der Waals surface area contributed by atoms with Crippen LogP contribution in [0.25, 0.3) is 0 Å². The molecule has 1 unspecified atom stereocenters. The van der Waals surface area contributed by atoms with Gasteiger partial charge in [-0.3, -0.25) is 13.8 Å². The lowest BCUT2D eigenvalue weighted by molar-refractivity contribution is -0.154. The summed E-state index contributed by atoms with van der Waals surface area (Å²) in [7, 11) is -4.53. The molecule has 0 rings (SSSR count). The molecule has 0 aliphatic carbocycles. The van der Waals surface area contributed by atoms with Crippen LogP contribution in [0.3, 0.4) is 0 Å². The first kappa shape index (κ1) is 52.4. The quantitative estimate of drug-likeness (QED) is 0.0240. The maximum Gasteiger partial charge on any atom is 0.472 e. The van der Waals surface area contributed by atoms with Crippen LogP contribution in [0.2, 0.25) is 0 Å². The van der Waals surface area contributed by atoms with Crippen LogP contribution in [0, 0.1) is 0 Å². The second-order valence-corrected chi connectivity index (χ2v) is 15.8. The van der Waals surface area contributed by atoms with Crippen molar-refractivity contribution < 1.29 is 43.0 Å². The summed E-state index contributed by atoms with van der Waals surface area (Å²) in [4.78, 5) is 22.5. The third-order valence-electron chi connectivity index (χ3n) is 9.02. The van der Waals surface area contributed by atoms with Gasteiger partial charge in [0.15, 0.2) is 0 Å². The molecule has 0 aliphatic rings. The highest BCUT2D eigenvalue weighted by Gasteiger charge is 2.26. The first-order chi connectivity index (χ1) is 26.3. The first-order valence-corrected chi connectivity index (χ1v) is 23.1. The molecule has 316 valence electrons. The third-order valence-corrected chi connectivity index (χ3v) is 9.97. The van der Waals surface area contributed by atoms with Gasteiger partial charge in [0.25, 0.3) is 0 Å². The smallest absolute Gasteiger partial charge is 0.457 e. The highest BCUT2D eigenvalue weighted by molar-refractivity contribution is 7.47. The molecule has 0 aromatic heterocycles. The normalized spacial score (nSPS) is 14.5. The fourth-order valence-electron chi connectivity index (χ4n) is 5.70. The van der Waals surface area contributed by atoms with Crippen molar-refractivity contribution >= 4 is 13.8 Å². The number of carbonyl (C=O) groups excluding carboxylic acids is 1. The number of hydrogen-bond donors (Lipinski definition) is 3. The number of carbonyl (C=O) groups is 1. The zero-order valence-electron chi connectivity index (χ0n) is 34.4. The Balaban J connectivity index is 4.27. The van der Waals surface area contributed by atoms with Gasteiger partial charge in [0.2, 0.25) is 0 Å². The van der Waals surface area contributed by atoms with Crippen LogP contribution >= 0.6 is 7.82 Å². The van der Waals surface area contributed by atoms with E-state index in [4.69, 9.17) is 23.6 Å². The Kier molecular flexibility index (Phi) is 39.9. The molecule has 0 bridgehead atoms. The number of unbranched alkanes of at least 4 members (excludes halogenated alkanes) is 19. The van der Waals surface area contributed by atoms with E-state index in [1.54, 1.807) is 0 Å². The molecule has 0 heterocycles. The van der Waals surface area contributed by atoms with Gasteiger partial charge in [0.05, 0.1) is 26.4 Å². The molecule has 54 heavy (non-hydrogen) atoms. The third kappa shape index (κ3) is 40.1. The Morgan fingerprint density at radius 1 is 0.574 bits per heavy atom. The van der Waals surface area contributed by atoms with E-state index in [9.17, 15) is 19.4 Å². The fourth-order valence-corrected chi connectivity index (χ4v) is 6.49. The first-order valence-electron chi connectivity index (χ1n) is 21.6. The number of rotatable bonds is 41. The van der Waals surface area contributed by atoms with E-state index in [-0.39, 0.29) is 13.0 Å². The zero-order chi connectivity index (χ0) is 39.6.